The lowest BCUT2D eigenvalue weighted by atomic mass is 10.4. The van der Waals surface area contributed by atoms with Crippen LogP contribution in [0.25, 0.3) is 0 Å². The summed E-state index contributed by atoms with van der Waals surface area (Å²) in [5.74, 6) is 0.283. The summed E-state index contributed by atoms with van der Waals surface area (Å²) < 4.78 is 4.78. The van der Waals surface area contributed by atoms with Gasteiger partial charge < -0.3 is 15.6 Å². The smallest absolute Gasteiger partial charge is 0.321 e. The second kappa shape index (κ2) is 6.45. The van der Waals surface area contributed by atoms with E-state index in [9.17, 15) is 4.79 Å². The number of methoxy groups -OCH3 is 1. The normalized spacial score (nSPS) is 12.9. The van der Waals surface area contributed by atoms with E-state index in [1.165, 1.54) is 11.8 Å². The molecular weight excluding hydrogens is 166 g/mol. The van der Waals surface area contributed by atoms with E-state index < -0.39 is 12.0 Å². The van der Waals surface area contributed by atoms with Crippen molar-refractivity contribution in [3.63, 3.8) is 0 Å². The summed E-state index contributed by atoms with van der Waals surface area (Å²) in [6, 6.07) is -0.753. The van der Waals surface area contributed by atoms with Gasteiger partial charge in [-0.3, -0.25) is 4.79 Å². The van der Waals surface area contributed by atoms with Gasteiger partial charge in [-0.15, -0.1) is 0 Å². The molecule has 1 atom stereocenters. The van der Waals surface area contributed by atoms with Crippen LogP contribution < -0.4 is 5.73 Å². The van der Waals surface area contributed by atoms with E-state index in [0.29, 0.717) is 12.4 Å². The summed E-state index contributed by atoms with van der Waals surface area (Å²) in [6.45, 7) is 0.636. The van der Waals surface area contributed by atoms with Gasteiger partial charge in [0.25, 0.3) is 0 Å². The number of nitrogens with two attached hydrogens (primary N) is 1. The second-order valence-electron chi connectivity index (χ2n) is 2.01. The van der Waals surface area contributed by atoms with Crippen LogP contribution in [0.1, 0.15) is 0 Å². The molecule has 66 valence electrons. The van der Waals surface area contributed by atoms with Crippen LogP contribution in [0.3, 0.4) is 0 Å². The van der Waals surface area contributed by atoms with Crippen LogP contribution in [-0.4, -0.2) is 42.3 Å². The van der Waals surface area contributed by atoms with Crippen molar-refractivity contribution in [3.05, 3.63) is 0 Å². The maximum atomic E-state index is 10.2. The summed E-state index contributed by atoms with van der Waals surface area (Å²) in [6.07, 6.45) is 0. The third-order valence-corrected chi connectivity index (χ3v) is 2.10. The highest BCUT2D eigenvalue weighted by Gasteiger charge is 2.09. The molecule has 0 aliphatic heterocycles. The maximum Gasteiger partial charge on any atom is 0.321 e. The molecule has 0 rings (SSSR count). The third-order valence-electron chi connectivity index (χ3n) is 1.05. The minimum Gasteiger partial charge on any atom is -0.480 e. The molecule has 3 N–H and O–H groups in total. The fraction of sp³-hybridized carbons (Fsp3) is 0.833. The lowest BCUT2D eigenvalue weighted by molar-refractivity contribution is -0.137. The van der Waals surface area contributed by atoms with Crippen LogP contribution in [0.2, 0.25) is 0 Å². The summed E-state index contributed by atoms with van der Waals surface area (Å²) in [5, 5.41) is 8.37. The predicted molar refractivity (Wildman–Crippen MR) is 44.8 cm³/mol. The summed E-state index contributed by atoms with van der Waals surface area (Å²) in [7, 11) is 1.61. The standard InChI is InChI=1S/C6H13NO3S/c1-10-2-3-11-4-5(7)6(8)9/h5H,2-4,7H2,1H3,(H,8,9)/t5-/m1/s1. The van der Waals surface area contributed by atoms with Crippen molar-refractivity contribution in [3.8, 4) is 0 Å². The highest BCUT2D eigenvalue weighted by atomic mass is 32.2. The van der Waals surface area contributed by atoms with E-state index in [1.54, 1.807) is 7.11 Å². The van der Waals surface area contributed by atoms with Crippen LogP contribution in [0.15, 0.2) is 0 Å². The lowest BCUT2D eigenvalue weighted by Crippen LogP contribution is -2.32. The molecule has 0 fully saturated rings. The van der Waals surface area contributed by atoms with Crippen LogP contribution in [-0.2, 0) is 9.53 Å². The zero-order chi connectivity index (χ0) is 8.69. The topological polar surface area (TPSA) is 72.5 Å². The number of ether oxygens (including phenoxy) is 1. The van der Waals surface area contributed by atoms with E-state index in [4.69, 9.17) is 15.6 Å². The number of rotatable bonds is 6. The summed E-state index contributed by atoms with van der Waals surface area (Å²) in [5.41, 5.74) is 5.24. The van der Waals surface area contributed by atoms with Crippen molar-refractivity contribution in [1.82, 2.24) is 0 Å². The van der Waals surface area contributed by atoms with Gasteiger partial charge in [-0.05, 0) is 0 Å². The van der Waals surface area contributed by atoms with E-state index in [0.717, 1.165) is 5.75 Å². The molecule has 4 nitrogen and oxygen atoms in total. The minimum absolute atomic E-state index is 0.443. The third kappa shape index (κ3) is 6.15. The fourth-order valence-electron chi connectivity index (χ4n) is 0.424. The van der Waals surface area contributed by atoms with Crippen LogP contribution in [0.4, 0.5) is 0 Å². The molecule has 0 bridgehead atoms. The first-order valence-corrected chi connectivity index (χ1v) is 4.39. The summed E-state index contributed by atoms with van der Waals surface area (Å²) in [4.78, 5) is 10.2. The predicted octanol–water partition coefficient (Wildman–Crippen LogP) is -0.222. The van der Waals surface area contributed by atoms with E-state index in [2.05, 4.69) is 0 Å². The van der Waals surface area contributed by atoms with Gasteiger partial charge in [-0.25, -0.2) is 0 Å². The monoisotopic (exact) mass is 179 g/mol. The molecule has 0 aliphatic rings. The molecule has 0 spiro atoms. The first kappa shape index (κ1) is 10.7. The number of carboxylic acids is 1. The Morgan fingerprint density at radius 3 is 2.91 bits per heavy atom. The van der Waals surface area contributed by atoms with Gasteiger partial charge in [0, 0.05) is 18.6 Å². The molecule has 0 aromatic heterocycles. The quantitative estimate of drug-likeness (QED) is 0.551. The van der Waals surface area contributed by atoms with Crippen molar-refractivity contribution in [2.45, 2.75) is 6.04 Å². The van der Waals surface area contributed by atoms with Crippen molar-refractivity contribution in [2.24, 2.45) is 5.73 Å². The SMILES string of the molecule is COCCSC[C@@H](N)C(=O)O. The average Bonchev–Trinajstić information content (AvgIpc) is 1.97. The van der Waals surface area contributed by atoms with Gasteiger partial charge in [0.1, 0.15) is 6.04 Å². The molecule has 0 radical (unpaired) electrons. The van der Waals surface area contributed by atoms with E-state index >= 15 is 0 Å². The molecule has 0 unspecified atom stereocenters. The van der Waals surface area contributed by atoms with Gasteiger partial charge in [-0.1, -0.05) is 0 Å². The maximum absolute atomic E-state index is 10.2. The van der Waals surface area contributed by atoms with Crippen molar-refractivity contribution < 1.29 is 14.6 Å². The highest BCUT2D eigenvalue weighted by molar-refractivity contribution is 7.99. The molecule has 0 heterocycles. The number of carboxylic acid groups (broad SMARTS) is 1. The Kier molecular flexibility index (Phi) is 6.30. The fourth-order valence-corrected chi connectivity index (χ4v) is 1.27. The zero-order valence-corrected chi connectivity index (χ0v) is 7.26. The Labute approximate surface area is 70.1 Å². The highest BCUT2D eigenvalue weighted by Crippen LogP contribution is 2.00. The first-order valence-electron chi connectivity index (χ1n) is 3.23. The zero-order valence-electron chi connectivity index (χ0n) is 6.45. The minimum atomic E-state index is -0.949. The Balaban J connectivity index is 3.17. The van der Waals surface area contributed by atoms with Gasteiger partial charge in [0.2, 0.25) is 0 Å². The van der Waals surface area contributed by atoms with Gasteiger partial charge >= 0.3 is 5.97 Å². The van der Waals surface area contributed by atoms with Crippen molar-refractivity contribution >= 4 is 17.7 Å². The van der Waals surface area contributed by atoms with Gasteiger partial charge in [0.15, 0.2) is 0 Å². The number of carbonyl (C=O) groups is 1. The molecule has 0 amide bonds. The van der Waals surface area contributed by atoms with Crippen molar-refractivity contribution in [2.75, 3.05) is 25.2 Å². The average molecular weight is 179 g/mol. The molecule has 5 heteroatoms. The number of hydrogen-bond donors (Lipinski definition) is 2. The second-order valence-corrected chi connectivity index (χ2v) is 3.16. The van der Waals surface area contributed by atoms with Gasteiger partial charge in [-0.2, -0.15) is 11.8 Å². The van der Waals surface area contributed by atoms with Crippen molar-refractivity contribution in [1.29, 1.82) is 0 Å². The number of hydrogen-bond acceptors (Lipinski definition) is 4. The number of thioether (sulfide) groups is 1. The lowest BCUT2D eigenvalue weighted by Gasteiger charge is -2.04. The van der Waals surface area contributed by atoms with E-state index in [-0.39, 0.29) is 0 Å². The van der Waals surface area contributed by atoms with Crippen LogP contribution >= 0.6 is 11.8 Å². The Bertz CT molecular complexity index is 120. The van der Waals surface area contributed by atoms with Gasteiger partial charge in [0.05, 0.1) is 6.61 Å². The largest absolute Gasteiger partial charge is 0.480 e. The Hall–Kier alpha value is -0.260. The van der Waals surface area contributed by atoms with Crippen LogP contribution in [0.5, 0.6) is 0 Å². The summed E-state index contributed by atoms with van der Waals surface area (Å²) >= 11 is 1.48. The Morgan fingerprint density at radius 2 is 2.45 bits per heavy atom. The molecule has 0 aliphatic carbocycles. The molecular formula is C6H13NO3S. The first-order chi connectivity index (χ1) is 5.18. The van der Waals surface area contributed by atoms with E-state index in [1.807, 2.05) is 0 Å². The molecule has 0 saturated heterocycles. The molecule has 0 aromatic carbocycles. The molecule has 0 aromatic rings. The molecule has 0 saturated carbocycles. The molecule has 11 heavy (non-hydrogen) atoms. The number of aliphatic carboxylic acids is 1. The van der Waals surface area contributed by atoms with Crippen LogP contribution in [0, 0.1) is 0 Å². The Morgan fingerprint density at radius 1 is 1.82 bits per heavy atom.